The van der Waals surface area contributed by atoms with Crippen LogP contribution in [0, 0.1) is 11.8 Å². The van der Waals surface area contributed by atoms with Crippen LogP contribution in [0.2, 0.25) is 0 Å². The van der Waals surface area contributed by atoms with Crippen LogP contribution in [-0.4, -0.2) is 48.1 Å². The number of ether oxygens (including phenoxy) is 2. The highest BCUT2D eigenvalue weighted by atomic mass is 16.6. The van der Waals surface area contributed by atoms with E-state index < -0.39 is 17.9 Å². The zero-order chi connectivity index (χ0) is 21.3. The average molecular weight is 411 g/mol. The number of carbonyl (C=O) groups is 2. The number of rotatable bonds is 5. The summed E-state index contributed by atoms with van der Waals surface area (Å²) in [6, 6.07) is 8.53. The van der Waals surface area contributed by atoms with E-state index in [9.17, 15) is 9.59 Å². The maximum absolute atomic E-state index is 12.8. The van der Waals surface area contributed by atoms with E-state index in [4.69, 9.17) is 9.47 Å². The lowest BCUT2D eigenvalue weighted by molar-refractivity contribution is -0.164. The van der Waals surface area contributed by atoms with Crippen LogP contribution >= 0.6 is 0 Å². The van der Waals surface area contributed by atoms with Gasteiger partial charge in [0.15, 0.2) is 5.92 Å². The first kappa shape index (κ1) is 20.7. The second-order valence-electron chi connectivity index (χ2n) is 7.99. The van der Waals surface area contributed by atoms with E-state index in [0.717, 1.165) is 30.6 Å². The maximum atomic E-state index is 12.8. The second kappa shape index (κ2) is 8.64. The Morgan fingerprint density at radius 3 is 2.57 bits per heavy atom. The van der Waals surface area contributed by atoms with Gasteiger partial charge in [-0.05, 0) is 45.2 Å². The number of aromatic nitrogens is 1. The third kappa shape index (κ3) is 3.54. The molecule has 1 fully saturated rings. The Labute approximate surface area is 177 Å². The number of para-hydroxylation sites is 1. The van der Waals surface area contributed by atoms with Crippen molar-refractivity contribution in [3.8, 4) is 0 Å². The molecule has 6 heteroatoms. The molecule has 30 heavy (non-hydrogen) atoms. The molecule has 2 atom stereocenters. The van der Waals surface area contributed by atoms with Crippen molar-refractivity contribution in [1.82, 2.24) is 9.88 Å². The van der Waals surface area contributed by atoms with Crippen LogP contribution in [0.25, 0.3) is 10.9 Å². The molecule has 160 valence electrons. The first-order valence-electron chi connectivity index (χ1n) is 10.9. The second-order valence-corrected chi connectivity index (χ2v) is 7.99. The first-order valence-corrected chi connectivity index (χ1v) is 10.9. The van der Waals surface area contributed by atoms with E-state index in [-0.39, 0.29) is 25.2 Å². The highest BCUT2D eigenvalue weighted by Crippen LogP contribution is 2.45. The van der Waals surface area contributed by atoms with Crippen molar-refractivity contribution in [2.24, 2.45) is 11.8 Å². The smallest absolute Gasteiger partial charge is 0.320 e. The van der Waals surface area contributed by atoms with Gasteiger partial charge in [-0.2, -0.15) is 0 Å². The molecule has 3 heterocycles. The average Bonchev–Trinajstić information content (AvgIpc) is 3.13. The molecule has 0 radical (unpaired) electrons. The van der Waals surface area contributed by atoms with Crippen molar-refractivity contribution in [2.75, 3.05) is 26.3 Å². The number of benzene rings is 1. The van der Waals surface area contributed by atoms with Gasteiger partial charge >= 0.3 is 11.9 Å². The van der Waals surface area contributed by atoms with Gasteiger partial charge in [-0.3, -0.25) is 14.5 Å². The highest BCUT2D eigenvalue weighted by Gasteiger charge is 2.46. The van der Waals surface area contributed by atoms with Crippen molar-refractivity contribution in [1.29, 1.82) is 0 Å². The number of esters is 2. The number of piperidine rings is 1. The third-order valence-corrected chi connectivity index (χ3v) is 6.46. The minimum absolute atomic E-state index is 0.140. The molecule has 1 aromatic heterocycles. The van der Waals surface area contributed by atoms with E-state index in [0.29, 0.717) is 6.42 Å². The number of fused-ring (bicyclic) bond motifs is 5. The lowest BCUT2D eigenvalue weighted by Crippen LogP contribution is -2.47. The summed E-state index contributed by atoms with van der Waals surface area (Å²) in [4.78, 5) is 31.7. The zero-order valence-corrected chi connectivity index (χ0v) is 17.9. The third-order valence-electron chi connectivity index (χ3n) is 6.46. The molecule has 0 saturated carbocycles. The lowest BCUT2D eigenvalue weighted by atomic mass is 9.75. The molecule has 2 aliphatic rings. The van der Waals surface area contributed by atoms with Crippen molar-refractivity contribution in [2.45, 2.75) is 39.7 Å². The van der Waals surface area contributed by atoms with Crippen LogP contribution in [0.5, 0.6) is 0 Å². The SMILES string of the molecule is C/C=C1\CN2CCc3c([nH]c4ccccc34)[C@@H]2C[C@@H]1C(C(=O)OCC)C(=O)OCC. The summed E-state index contributed by atoms with van der Waals surface area (Å²) in [6.45, 7) is 7.70. The fraction of sp³-hybridized carbons (Fsp3) is 0.500. The Bertz CT molecular complexity index is 959. The van der Waals surface area contributed by atoms with Crippen molar-refractivity contribution in [3.05, 3.63) is 47.2 Å². The van der Waals surface area contributed by atoms with Gasteiger partial charge in [0.2, 0.25) is 0 Å². The fourth-order valence-corrected chi connectivity index (χ4v) is 5.11. The van der Waals surface area contributed by atoms with E-state index in [1.54, 1.807) is 13.8 Å². The summed E-state index contributed by atoms with van der Waals surface area (Å²) in [7, 11) is 0. The van der Waals surface area contributed by atoms with E-state index in [1.165, 1.54) is 16.6 Å². The summed E-state index contributed by atoms with van der Waals surface area (Å²) in [6.07, 6.45) is 3.73. The Morgan fingerprint density at radius 2 is 1.90 bits per heavy atom. The molecule has 0 aliphatic carbocycles. The minimum atomic E-state index is -0.923. The molecular formula is C24H30N2O4. The van der Waals surface area contributed by atoms with Gasteiger partial charge in [0.05, 0.1) is 19.3 Å². The summed E-state index contributed by atoms with van der Waals surface area (Å²) < 4.78 is 10.6. The molecule has 1 saturated heterocycles. The van der Waals surface area contributed by atoms with Crippen LogP contribution in [0.3, 0.4) is 0 Å². The first-order chi connectivity index (χ1) is 14.6. The molecule has 4 rings (SSSR count). The Morgan fingerprint density at radius 1 is 1.20 bits per heavy atom. The van der Waals surface area contributed by atoms with Gasteiger partial charge in [-0.1, -0.05) is 29.8 Å². The molecule has 2 aromatic rings. The molecule has 6 nitrogen and oxygen atoms in total. The van der Waals surface area contributed by atoms with Crippen LogP contribution in [-0.2, 0) is 25.5 Å². The number of H-pyrrole nitrogens is 1. The number of carbonyl (C=O) groups excluding carboxylic acids is 2. The minimum Gasteiger partial charge on any atom is -0.465 e. The normalized spacial score (nSPS) is 22.7. The van der Waals surface area contributed by atoms with Gasteiger partial charge < -0.3 is 14.5 Å². The van der Waals surface area contributed by atoms with Crippen LogP contribution in [0.1, 0.15) is 44.5 Å². The number of allylic oxidation sites excluding steroid dienone is 1. The lowest BCUT2D eigenvalue weighted by Gasteiger charge is -2.44. The number of hydrogen-bond acceptors (Lipinski definition) is 5. The van der Waals surface area contributed by atoms with Gasteiger partial charge in [-0.15, -0.1) is 0 Å². The predicted octanol–water partition coefficient (Wildman–Crippen LogP) is 3.78. The fourth-order valence-electron chi connectivity index (χ4n) is 5.11. The molecule has 0 amide bonds. The molecule has 0 unspecified atom stereocenters. The van der Waals surface area contributed by atoms with E-state index in [1.807, 2.05) is 19.1 Å². The molecule has 1 aromatic carbocycles. The summed E-state index contributed by atoms with van der Waals surface area (Å²) >= 11 is 0. The van der Waals surface area contributed by atoms with Gasteiger partial charge in [-0.25, -0.2) is 0 Å². The standard InChI is InChI=1S/C24H30N2O4/c1-4-15-14-26-12-11-17-16-9-7-8-10-19(16)25-22(17)20(26)13-18(15)21(23(27)29-5-2)24(28)30-6-3/h4,7-10,18,20-21,25H,5-6,11-14H2,1-3H3/b15-4+/t18-,20-/m0/s1. The van der Waals surface area contributed by atoms with E-state index in [2.05, 4.69) is 28.1 Å². The number of nitrogens with zero attached hydrogens (tertiary/aromatic N) is 1. The zero-order valence-electron chi connectivity index (χ0n) is 17.9. The summed E-state index contributed by atoms with van der Waals surface area (Å²) in [5.74, 6) is -2.12. The monoisotopic (exact) mass is 410 g/mol. The largest absolute Gasteiger partial charge is 0.465 e. The number of aromatic amines is 1. The molecule has 2 aliphatic heterocycles. The molecule has 1 N–H and O–H groups in total. The molecule has 0 spiro atoms. The number of nitrogens with one attached hydrogen (secondary N) is 1. The van der Waals surface area contributed by atoms with Gasteiger partial charge in [0.25, 0.3) is 0 Å². The van der Waals surface area contributed by atoms with Crippen molar-refractivity contribution in [3.63, 3.8) is 0 Å². The van der Waals surface area contributed by atoms with Crippen molar-refractivity contribution >= 4 is 22.8 Å². The topological polar surface area (TPSA) is 71.6 Å². The predicted molar refractivity (Wildman–Crippen MR) is 115 cm³/mol. The van der Waals surface area contributed by atoms with Crippen LogP contribution < -0.4 is 0 Å². The molecule has 0 bridgehead atoms. The van der Waals surface area contributed by atoms with Crippen LogP contribution in [0.4, 0.5) is 0 Å². The van der Waals surface area contributed by atoms with E-state index >= 15 is 0 Å². The van der Waals surface area contributed by atoms with Gasteiger partial charge in [0.1, 0.15) is 0 Å². The maximum Gasteiger partial charge on any atom is 0.320 e. The van der Waals surface area contributed by atoms with Crippen LogP contribution in [0.15, 0.2) is 35.9 Å². The Hall–Kier alpha value is -2.60. The quantitative estimate of drug-likeness (QED) is 0.461. The highest BCUT2D eigenvalue weighted by molar-refractivity contribution is 5.95. The number of hydrogen-bond donors (Lipinski definition) is 1. The van der Waals surface area contributed by atoms with Gasteiger partial charge in [0, 0.05) is 35.6 Å². The molecular weight excluding hydrogens is 380 g/mol. The van der Waals surface area contributed by atoms with Crippen molar-refractivity contribution < 1.29 is 19.1 Å². The summed E-state index contributed by atoms with van der Waals surface area (Å²) in [5.41, 5.74) is 4.83. The Balaban J connectivity index is 1.72. The summed E-state index contributed by atoms with van der Waals surface area (Å²) in [5, 5.41) is 1.27. The Kier molecular flexibility index (Phi) is 5.95.